The highest BCUT2D eigenvalue weighted by Crippen LogP contribution is 2.26. The minimum absolute atomic E-state index is 0.0259. The van der Waals surface area contributed by atoms with E-state index in [0.29, 0.717) is 17.9 Å². The molecule has 110 valence electrons. The molecule has 0 bridgehead atoms. The van der Waals surface area contributed by atoms with E-state index in [4.69, 9.17) is 4.42 Å². The van der Waals surface area contributed by atoms with E-state index in [9.17, 15) is 13.5 Å². The summed E-state index contributed by atoms with van der Waals surface area (Å²) in [6.07, 6.45) is 3.38. The van der Waals surface area contributed by atoms with Crippen LogP contribution in [0.5, 0.6) is 0 Å². The van der Waals surface area contributed by atoms with Crippen molar-refractivity contribution in [1.29, 1.82) is 0 Å². The summed E-state index contributed by atoms with van der Waals surface area (Å²) < 4.78 is 33.9. The zero-order valence-corrected chi connectivity index (χ0v) is 12.1. The number of nitrogens with zero attached hydrogens (tertiary/aromatic N) is 2. The normalized spacial score (nSPS) is 11.9. The van der Waals surface area contributed by atoms with Gasteiger partial charge in [0.25, 0.3) is 0 Å². The van der Waals surface area contributed by atoms with Gasteiger partial charge in [-0.15, -0.1) is 0 Å². The number of furan rings is 1. The Morgan fingerprint density at radius 2 is 2.15 bits per heavy atom. The molecule has 2 rings (SSSR count). The zero-order chi connectivity index (χ0) is 14.8. The van der Waals surface area contributed by atoms with Gasteiger partial charge in [0, 0.05) is 24.5 Å². The molecule has 0 aliphatic heterocycles. The third kappa shape index (κ3) is 2.92. The maximum atomic E-state index is 12.3. The lowest BCUT2D eigenvalue weighted by molar-refractivity contribution is 0.276. The second-order valence-electron chi connectivity index (χ2n) is 4.35. The highest BCUT2D eigenvalue weighted by molar-refractivity contribution is 7.89. The van der Waals surface area contributed by atoms with Crippen molar-refractivity contribution in [3.63, 3.8) is 0 Å². The quantitative estimate of drug-likeness (QED) is 0.812. The van der Waals surface area contributed by atoms with E-state index in [0.717, 1.165) is 0 Å². The molecule has 0 aromatic carbocycles. The highest BCUT2D eigenvalue weighted by Gasteiger charge is 2.26. The summed E-state index contributed by atoms with van der Waals surface area (Å²) in [7, 11) is -3.71. The molecule has 2 aromatic heterocycles. The van der Waals surface area contributed by atoms with Crippen LogP contribution in [0.3, 0.4) is 0 Å². The molecule has 0 aliphatic rings. The fourth-order valence-corrected chi connectivity index (χ4v) is 3.50. The fraction of sp³-hybridized carbons (Fsp3) is 0.417. The Morgan fingerprint density at radius 1 is 1.40 bits per heavy atom. The molecule has 0 aliphatic carbocycles. The Kier molecular flexibility index (Phi) is 4.26. The van der Waals surface area contributed by atoms with Crippen molar-refractivity contribution in [2.45, 2.75) is 31.9 Å². The number of rotatable bonds is 6. The summed E-state index contributed by atoms with van der Waals surface area (Å²) in [6.45, 7) is 3.45. The molecule has 20 heavy (non-hydrogen) atoms. The fourth-order valence-electron chi connectivity index (χ4n) is 2.04. The van der Waals surface area contributed by atoms with Gasteiger partial charge in [-0.3, -0.25) is 4.68 Å². The molecule has 0 saturated heterocycles. The van der Waals surface area contributed by atoms with Crippen LogP contribution in [0.15, 0.2) is 27.8 Å². The number of aliphatic hydroxyl groups excluding tert-OH is 1. The van der Waals surface area contributed by atoms with Crippen LogP contribution in [-0.4, -0.2) is 29.8 Å². The standard InChI is InChI=1S/C12H17N3O4S/c1-9-11(8-16)12(10(2)19-9)20(17,18)14-5-7-15-6-3-4-13-15/h3-4,6,14,16H,5,7-8H2,1-2H3. The Morgan fingerprint density at radius 3 is 2.75 bits per heavy atom. The van der Waals surface area contributed by atoms with Crippen LogP contribution in [0, 0.1) is 13.8 Å². The molecule has 0 radical (unpaired) electrons. The molecule has 0 spiro atoms. The topological polar surface area (TPSA) is 97.4 Å². The average Bonchev–Trinajstić information content (AvgIpc) is 2.96. The van der Waals surface area contributed by atoms with Gasteiger partial charge in [0.1, 0.15) is 16.4 Å². The Balaban J connectivity index is 2.14. The van der Waals surface area contributed by atoms with Gasteiger partial charge in [0.2, 0.25) is 10.0 Å². The predicted molar refractivity (Wildman–Crippen MR) is 71.5 cm³/mol. The molecule has 0 amide bonds. The van der Waals surface area contributed by atoms with Crippen LogP contribution in [0.2, 0.25) is 0 Å². The third-order valence-corrected chi connectivity index (χ3v) is 4.60. The molecule has 7 nitrogen and oxygen atoms in total. The first-order valence-corrected chi connectivity index (χ1v) is 7.61. The zero-order valence-electron chi connectivity index (χ0n) is 11.3. The second-order valence-corrected chi connectivity index (χ2v) is 6.05. The van der Waals surface area contributed by atoms with Crippen molar-refractivity contribution >= 4 is 10.0 Å². The van der Waals surface area contributed by atoms with Gasteiger partial charge < -0.3 is 9.52 Å². The van der Waals surface area contributed by atoms with Crippen molar-refractivity contribution in [1.82, 2.24) is 14.5 Å². The van der Waals surface area contributed by atoms with Gasteiger partial charge in [0.05, 0.1) is 13.2 Å². The van der Waals surface area contributed by atoms with Crippen molar-refractivity contribution in [3.8, 4) is 0 Å². The van der Waals surface area contributed by atoms with Crippen LogP contribution in [0.1, 0.15) is 17.1 Å². The lowest BCUT2D eigenvalue weighted by Crippen LogP contribution is -2.28. The van der Waals surface area contributed by atoms with Gasteiger partial charge >= 0.3 is 0 Å². The van der Waals surface area contributed by atoms with Crippen LogP contribution in [0.4, 0.5) is 0 Å². The summed E-state index contributed by atoms with van der Waals surface area (Å²) in [4.78, 5) is 0.0259. The summed E-state index contributed by atoms with van der Waals surface area (Å²) in [5.74, 6) is 0.690. The van der Waals surface area contributed by atoms with E-state index in [1.54, 1.807) is 37.0 Å². The minimum Gasteiger partial charge on any atom is -0.465 e. The number of hydrogen-bond acceptors (Lipinski definition) is 5. The van der Waals surface area contributed by atoms with Gasteiger partial charge in [-0.1, -0.05) is 0 Å². The van der Waals surface area contributed by atoms with Crippen LogP contribution >= 0.6 is 0 Å². The molecule has 0 saturated carbocycles. The molecule has 2 heterocycles. The van der Waals surface area contributed by atoms with Crippen molar-refractivity contribution < 1.29 is 17.9 Å². The van der Waals surface area contributed by atoms with Crippen molar-refractivity contribution in [2.24, 2.45) is 0 Å². The molecular formula is C12H17N3O4S. The van der Waals surface area contributed by atoms with Gasteiger partial charge in [0.15, 0.2) is 0 Å². The van der Waals surface area contributed by atoms with E-state index < -0.39 is 10.0 Å². The summed E-state index contributed by atoms with van der Waals surface area (Å²) in [5.41, 5.74) is 0.300. The van der Waals surface area contributed by atoms with Gasteiger partial charge in [-0.05, 0) is 19.9 Å². The number of aliphatic hydroxyl groups is 1. The first-order valence-electron chi connectivity index (χ1n) is 6.12. The molecular weight excluding hydrogens is 282 g/mol. The first-order chi connectivity index (χ1) is 9.45. The number of nitrogens with one attached hydrogen (secondary N) is 1. The monoisotopic (exact) mass is 299 g/mol. The molecule has 0 unspecified atom stereocenters. The van der Waals surface area contributed by atoms with Crippen LogP contribution in [0.25, 0.3) is 0 Å². The van der Waals surface area contributed by atoms with E-state index in [-0.39, 0.29) is 23.8 Å². The number of sulfonamides is 1. The Labute approximate surface area is 117 Å². The van der Waals surface area contributed by atoms with Crippen LogP contribution < -0.4 is 4.72 Å². The third-order valence-electron chi connectivity index (χ3n) is 2.94. The number of aryl methyl sites for hydroxylation is 2. The van der Waals surface area contributed by atoms with Crippen molar-refractivity contribution in [3.05, 3.63) is 35.5 Å². The molecule has 0 atom stereocenters. The van der Waals surface area contributed by atoms with E-state index in [1.165, 1.54) is 0 Å². The highest BCUT2D eigenvalue weighted by atomic mass is 32.2. The smallest absolute Gasteiger partial charge is 0.244 e. The second kappa shape index (κ2) is 5.78. The Hall–Kier alpha value is -1.64. The average molecular weight is 299 g/mol. The largest absolute Gasteiger partial charge is 0.465 e. The SMILES string of the molecule is Cc1oc(C)c(S(=O)(=O)NCCn2cccn2)c1CO. The lowest BCUT2D eigenvalue weighted by atomic mass is 10.2. The van der Waals surface area contributed by atoms with Crippen molar-refractivity contribution in [2.75, 3.05) is 6.54 Å². The van der Waals surface area contributed by atoms with E-state index in [1.807, 2.05) is 0 Å². The molecule has 2 N–H and O–H groups in total. The molecule has 0 fully saturated rings. The van der Waals surface area contributed by atoms with Crippen LogP contribution in [-0.2, 0) is 23.2 Å². The lowest BCUT2D eigenvalue weighted by Gasteiger charge is -2.07. The predicted octanol–water partition coefficient (Wildman–Crippen LogP) is 0.564. The van der Waals surface area contributed by atoms with E-state index in [2.05, 4.69) is 9.82 Å². The summed E-state index contributed by atoms with van der Waals surface area (Å²) in [5, 5.41) is 13.3. The summed E-state index contributed by atoms with van der Waals surface area (Å²) >= 11 is 0. The molecule has 2 aromatic rings. The van der Waals surface area contributed by atoms with Gasteiger partial charge in [-0.2, -0.15) is 5.10 Å². The number of aromatic nitrogens is 2. The first kappa shape index (κ1) is 14.8. The van der Waals surface area contributed by atoms with Gasteiger partial charge in [-0.25, -0.2) is 13.1 Å². The minimum atomic E-state index is -3.71. The maximum absolute atomic E-state index is 12.3. The van der Waals surface area contributed by atoms with E-state index >= 15 is 0 Å². The summed E-state index contributed by atoms with van der Waals surface area (Å²) in [6, 6.07) is 1.77. The Bertz CT molecular complexity index is 674. The maximum Gasteiger partial charge on any atom is 0.244 e. The number of hydrogen-bond donors (Lipinski definition) is 2. The molecule has 8 heteroatoms.